The summed E-state index contributed by atoms with van der Waals surface area (Å²) in [6.45, 7) is 10.5. The monoisotopic (exact) mass is 370 g/mol. The zero-order valence-corrected chi connectivity index (χ0v) is 17.7. The molecule has 148 valence electrons. The van der Waals surface area contributed by atoms with Crippen molar-refractivity contribution < 1.29 is 9.84 Å². The fraction of sp³-hybridized carbons (Fsp3) is 0.565. The largest absolute Gasteiger partial charge is 0.481 e. The molecule has 0 saturated carbocycles. The summed E-state index contributed by atoms with van der Waals surface area (Å²) in [5, 5.41) is 10.2. The zero-order valence-electron chi connectivity index (χ0n) is 17.7. The van der Waals surface area contributed by atoms with Crippen LogP contribution < -0.4 is 4.74 Å². The molecule has 1 aromatic carbocycles. The molecule has 2 aromatic rings. The second-order valence-electron chi connectivity index (χ2n) is 7.29. The molecule has 0 saturated heterocycles. The summed E-state index contributed by atoms with van der Waals surface area (Å²) in [5.74, 6) is 1.51. The molecule has 27 heavy (non-hydrogen) atoms. The maximum absolute atomic E-state index is 10.2. The van der Waals surface area contributed by atoms with Gasteiger partial charge in [0.1, 0.15) is 0 Å². The number of hydrogen-bond donors (Lipinski definition) is 1. The van der Waals surface area contributed by atoms with Crippen LogP contribution in [0, 0.1) is 6.92 Å². The topological polar surface area (TPSA) is 55.2 Å². The van der Waals surface area contributed by atoms with Gasteiger partial charge in [-0.1, -0.05) is 52.3 Å². The van der Waals surface area contributed by atoms with Crippen molar-refractivity contribution in [2.24, 2.45) is 0 Å². The molecular formula is C23H34N2O2. The van der Waals surface area contributed by atoms with E-state index in [0.717, 1.165) is 48.3 Å². The Kier molecular flexibility index (Phi) is 7.78. The number of aromatic nitrogens is 2. The van der Waals surface area contributed by atoms with Crippen molar-refractivity contribution in [1.29, 1.82) is 0 Å². The van der Waals surface area contributed by atoms with Gasteiger partial charge in [-0.15, -0.1) is 0 Å². The molecule has 0 radical (unpaired) electrons. The second-order valence-corrected chi connectivity index (χ2v) is 7.29. The van der Waals surface area contributed by atoms with E-state index in [1.807, 2.05) is 6.92 Å². The summed E-state index contributed by atoms with van der Waals surface area (Å²) in [7, 11) is 1.66. The van der Waals surface area contributed by atoms with Crippen molar-refractivity contribution in [1.82, 2.24) is 9.97 Å². The molecule has 2 unspecified atom stereocenters. The van der Waals surface area contributed by atoms with Crippen LogP contribution in [0.2, 0.25) is 0 Å². The molecule has 4 heteroatoms. The number of ether oxygens (including phenoxy) is 1. The van der Waals surface area contributed by atoms with Crippen molar-refractivity contribution in [3.63, 3.8) is 0 Å². The van der Waals surface area contributed by atoms with Gasteiger partial charge in [-0.25, -0.2) is 4.98 Å². The Labute approximate surface area is 164 Å². The molecule has 1 heterocycles. The van der Waals surface area contributed by atoms with Gasteiger partial charge in [0.2, 0.25) is 5.88 Å². The third kappa shape index (κ3) is 4.86. The molecule has 2 atom stereocenters. The molecule has 2 rings (SSSR count). The number of aryl methyl sites for hydroxylation is 3. The molecule has 0 fully saturated rings. The Hall–Kier alpha value is -1.94. The van der Waals surface area contributed by atoms with Crippen molar-refractivity contribution >= 4 is 0 Å². The van der Waals surface area contributed by atoms with E-state index in [-0.39, 0.29) is 12.0 Å². The van der Waals surface area contributed by atoms with Crippen LogP contribution in [-0.4, -0.2) is 28.3 Å². The standard InChI is InChI=1S/C23H34N2O2/c1-7-11-19(26)14-15(4)20-16(5)24-22(25-23(20)27-6)21-17(8-2)12-10-13-18(21)9-3/h10,12-13,15,19,26H,7-9,11,14H2,1-6H3. The number of aliphatic hydroxyl groups is 1. The molecule has 1 aromatic heterocycles. The van der Waals surface area contributed by atoms with Gasteiger partial charge in [0.05, 0.1) is 13.2 Å². The highest BCUT2D eigenvalue weighted by Crippen LogP contribution is 2.34. The van der Waals surface area contributed by atoms with Crippen LogP contribution in [0.4, 0.5) is 0 Å². The number of aliphatic hydroxyl groups excluding tert-OH is 1. The van der Waals surface area contributed by atoms with Gasteiger partial charge >= 0.3 is 0 Å². The van der Waals surface area contributed by atoms with Crippen molar-refractivity contribution in [2.75, 3.05) is 7.11 Å². The van der Waals surface area contributed by atoms with Crippen LogP contribution in [0.5, 0.6) is 5.88 Å². The van der Waals surface area contributed by atoms with E-state index in [1.165, 1.54) is 11.1 Å². The fourth-order valence-corrected chi connectivity index (χ4v) is 3.90. The Bertz CT molecular complexity index is 736. The van der Waals surface area contributed by atoms with Gasteiger partial charge < -0.3 is 9.84 Å². The number of methoxy groups -OCH3 is 1. The smallest absolute Gasteiger partial charge is 0.220 e. The summed E-state index contributed by atoms with van der Waals surface area (Å²) >= 11 is 0. The maximum Gasteiger partial charge on any atom is 0.220 e. The Morgan fingerprint density at radius 1 is 1.07 bits per heavy atom. The summed E-state index contributed by atoms with van der Waals surface area (Å²) in [4.78, 5) is 9.67. The van der Waals surface area contributed by atoms with Gasteiger partial charge in [-0.2, -0.15) is 4.98 Å². The highest BCUT2D eigenvalue weighted by Gasteiger charge is 2.22. The van der Waals surface area contributed by atoms with E-state index in [2.05, 4.69) is 45.9 Å². The third-order valence-corrected chi connectivity index (χ3v) is 5.26. The second kappa shape index (κ2) is 9.84. The normalized spacial score (nSPS) is 13.4. The minimum absolute atomic E-state index is 0.141. The molecule has 0 aliphatic heterocycles. The molecule has 0 amide bonds. The Morgan fingerprint density at radius 3 is 2.22 bits per heavy atom. The summed E-state index contributed by atoms with van der Waals surface area (Å²) in [6.07, 6.45) is 4.06. The highest BCUT2D eigenvalue weighted by molar-refractivity contribution is 5.66. The minimum Gasteiger partial charge on any atom is -0.481 e. The Morgan fingerprint density at radius 2 is 1.70 bits per heavy atom. The first kappa shape index (κ1) is 21.4. The maximum atomic E-state index is 10.2. The molecule has 1 N–H and O–H groups in total. The molecule has 0 aliphatic carbocycles. The quantitative estimate of drug-likeness (QED) is 0.656. The summed E-state index contributed by atoms with van der Waals surface area (Å²) < 4.78 is 5.67. The first-order chi connectivity index (χ1) is 13.0. The van der Waals surface area contributed by atoms with Crippen LogP contribution in [-0.2, 0) is 12.8 Å². The predicted molar refractivity (Wildman–Crippen MR) is 111 cm³/mol. The zero-order chi connectivity index (χ0) is 20.0. The van der Waals surface area contributed by atoms with E-state index in [4.69, 9.17) is 14.7 Å². The lowest BCUT2D eigenvalue weighted by Gasteiger charge is -2.21. The van der Waals surface area contributed by atoms with Crippen LogP contribution in [0.25, 0.3) is 11.4 Å². The lowest BCUT2D eigenvalue weighted by molar-refractivity contribution is 0.146. The first-order valence-corrected chi connectivity index (χ1v) is 10.2. The van der Waals surface area contributed by atoms with Crippen molar-refractivity contribution in [3.8, 4) is 17.3 Å². The number of hydrogen-bond acceptors (Lipinski definition) is 4. The summed E-state index contributed by atoms with van der Waals surface area (Å²) in [6, 6.07) is 6.41. The SMILES string of the molecule is CCCC(O)CC(C)c1c(C)nc(-c2c(CC)cccc2CC)nc1OC. The Balaban J connectivity index is 2.51. The molecule has 0 spiro atoms. The number of benzene rings is 1. The van der Waals surface area contributed by atoms with Gasteiger partial charge in [-0.05, 0) is 49.7 Å². The van der Waals surface area contributed by atoms with E-state index in [1.54, 1.807) is 7.11 Å². The van der Waals surface area contributed by atoms with Crippen LogP contribution in [0.15, 0.2) is 18.2 Å². The number of nitrogens with zero attached hydrogens (tertiary/aromatic N) is 2. The van der Waals surface area contributed by atoms with Crippen LogP contribution in [0.1, 0.15) is 75.3 Å². The first-order valence-electron chi connectivity index (χ1n) is 10.2. The fourth-order valence-electron chi connectivity index (χ4n) is 3.90. The molecule has 0 aliphatic rings. The number of rotatable bonds is 9. The van der Waals surface area contributed by atoms with Gasteiger partial charge in [0.15, 0.2) is 5.82 Å². The minimum atomic E-state index is -0.304. The van der Waals surface area contributed by atoms with E-state index >= 15 is 0 Å². The van der Waals surface area contributed by atoms with Gasteiger partial charge in [0.25, 0.3) is 0 Å². The average Bonchev–Trinajstić information content (AvgIpc) is 2.66. The lowest BCUT2D eigenvalue weighted by Crippen LogP contribution is -2.14. The predicted octanol–water partition coefficient (Wildman–Crippen LogP) is 5.24. The molecule has 0 bridgehead atoms. The van der Waals surface area contributed by atoms with Crippen LogP contribution in [0.3, 0.4) is 0 Å². The van der Waals surface area contributed by atoms with Crippen molar-refractivity contribution in [2.45, 2.75) is 78.7 Å². The third-order valence-electron chi connectivity index (χ3n) is 5.26. The molecular weight excluding hydrogens is 336 g/mol. The average molecular weight is 371 g/mol. The van der Waals surface area contributed by atoms with Gasteiger partial charge in [-0.3, -0.25) is 0 Å². The van der Waals surface area contributed by atoms with Crippen LogP contribution >= 0.6 is 0 Å². The summed E-state index contributed by atoms with van der Waals surface area (Å²) in [5.41, 5.74) is 5.59. The van der Waals surface area contributed by atoms with Gasteiger partial charge in [0, 0.05) is 16.8 Å². The van der Waals surface area contributed by atoms with E-state index in [9.17, 15) is 5.11 Å². The highest BCUT2D eigenvalue weighted by atomic mass is 16.5. The molecule has 4 nitrogen and oxygen atoms in total. The lowest BCUT2D eigenvalue weighted by atomic mass is 9.92. The van der Waals surface area contributed by atoms with E-state index < -0.39 is 0 Å². The van der Waals surface area contributed by atoms with E-state index in [0.29, 0.717) is 12.3 Å². The van der Waals surface area contributed by atoms with Crippen molar-refractivity contribution in [3.05, 3.63) is 40.6 Å².